The predicted octanol–water partition coefficient (Wildman–Crippen LogP) is 1.62. The molecule has 0 aliphatic heterocycles. The maximum atomic E-state index is 9.88. The van der Waals surface area contributed by atoms with E-state index in [4.69, 9.17) is 21.1 Å². The minimum atomic E-state index is -1.16. The lowest BCUT2D eigenvalue weighted by molar-refractivity contribution is -0.132. The van der Waals surface area contributed by atoms with Gasteiger partial charge < -0.3 is 14.6 Å². The molecule has 0 aromatic heterocycles. The topological polar surface area (TPSA) is 38.7 Å². The third-order valence-corrected chi connectivity index (χ3v) is 3.18. The van der Waals surface area contributed by atoms with Crippen molar-refractivity contribution in [2.24, 2.45) is 0 Å². The Labute approximate surface area is 93.6 Å². The van der Waals surface area contributed by atoms with Crippen LogP contribution in [0.5, 0.6) is 0 Å². The average Bonchev–Trinajstić information content (AvgIpc) is 2.50. The van der Waals surface area contributed by atoms with Gasteiger partial charge in [-0.1, -0.05) is 35.9 Å². The summed E-state index contributed by atoms with van der Waals surface area (Å²) in [5, 5.41) is 8.72. The van der Waals surface area contributed by atoms with Crippen LogP contribution in [0, 0.1) is 0 Å². The number of aliphatic hydroxyl groups excluding tert-OH is 1. The average molecular weight is 229 g/mol. The third kappa shape index (κ3) is 1.76. The lowest BCUT2D eigenvalue weighted by Gasteiger charge is -2.26. The van der Waals surface area contributed by atoms with Crippen molar-refractivity contribution in [1.29, 1.82) is 0 Å². The molecular weight excluding hydrogens is 216 g/mol. The normalized spacial score (nSPS) is 29.1. The molecule has 0 fully saturated rings. The van der Waals surface area contributed by atoms with Crippen molar-refractivity contribution in [1.82, 2.24) is 0 Å². The molecule has 0 radical (unpaired) electrons. The number of benzene rings is 1. The molecule has 0 saturated carbocycles. The molecule has 1 aromatic carbocycles. The van der Waals surface area contributed by atoms with Crippen LogP contribution in [0.15, 0.2) is 24.3 Å². The molecule has 0 bridgehead atoms. The smallest absolute Gasteiger partial charge is 0.196 e. The summed E-state index contributed by atoms with van der Waals surface area (Å²) in [7, 11) is 1.52. The molecule has 15 heavy (non-hydrogen) atoms. The lowest BCUT2D eigenvalue weighted by Crippen LogP contribution is -2.33. The molecule has 82 valence electrons. The molecule has 0 amide bonds. The number of ether oxygens (including phenoxy) is 2. The number of methoxy groups -OCH3 is 1. The summed E-state index contributed by atoms with van der Waals surface area (Å²) in [6.07, 6.45) is -0.213. The summed E-state index contributed by atoms with van der Waals surface area (Å²) >= 11 is 6.28. The van der Waals surface area contributed by atoms with Gasteiger partial charge in [0.15, 0.2) is 5.06 Å². The second-order valence-electron chi connectivity index (χ2n) is 3.57. The molecule has 0 heterocycles. The van der Waals surface area contributed by atoms with Crippen molar-refractivity contribution >= 4 is 11.6 Å². The van der Waals surface area contributed by atoms with Gasteiger partial charge in [-0.2, -0.15) is 0 Å². The molecule has 2 unspecified atom stereocenters. The number of hydrogen-bond donors (Lipinski definition) is 1. The molecule has 1 N–H and O–H groups in total. The number of aliphatic hydroxyl groups is 1. The van der Waals surface area contributed by atoms with E-state index in [1.807, 2.05) is 24.3 Å². The predicted molar refractivity (Wildman–Crippen MR) is 56.6 cm³/mol. The van der Waals surface area contributed by atoms with E-state index in [2.05, 4.69) is 0 Å². The quantitative estimate of drug-likeness (QED) is 0.631. The van der Waals surface area contributed by atoms with E-state index in [1.165, 1.54) is 7.11 Å². The minimum Gasteiger partial charge on any atom is -0.388 e. The van der Waals surface area contributed by atoms with Gasteiger partial charge in [-0.15, -0.1) is 0 Å². The maximum Gasteiger partial charge on any atom is 0.196 e. The Hall–Kier alpha value is -0.610. The van der Waals surface area contributed by atoms with Crippen LogP contribution in [0.25, 0.3) is 0 Å². The Kier molecular flexibility index (Phi) is 2.98. The SMILES string of the molecule is COCOC1(Cl)c2ccccc2CC1O. The van der Waals surface area contributed by atoms with E-state index >= 15 is 0 Å². The van der Waals surface area contributed by atoms with Crippen LogP contribution in [0.3, 0.4) is 0 Å². The summed E-state index contributed by atoms with van der Waals surface area (Å²) in [5.74, 6) is 0. The third-order valence-electron chi connectivity index (χ3n) is 2.61. The number of alkyl halides is 1. The first-order chi connectivity index (χ1) is 7.18. The first-order valence-electron chi connectivity index (χ1n) is 4.76. The molecule has 1 aliphatic rings. The van der Waals surface area contributed by atoms with Crippen LogP contribution in [0.4, 0.5) is 0 Å². The van der Waals surface area contributed by atoms with Crippen LogP contribution in [-0.2, 0) is 21.0 Å². The lowest BCUT2D eigenvalue weighted by atomic mass is 10.1. The van der Waals surface area contributed by atoms with Gasteiger partial charge >= 0.3 is 0 Å². The van der Waals surface area contributed by atoms with Crippen molar-refractivity contribution < 1.29 is 14.6 Å². The fourth-order valence-corrected chi connectivity index (χ4v) is 2.17. The highest BCUT2D eigenvalue weighted by molar-refractivity contribution is 6.24. The van der Waals surface area contributed by atoms with E-state index in [9.17, 15) is 5.11 Å². The van der Waals surface area contributed by atoms with Gasteiger partial charge in [0.2, 0.25) is 0 Å². The molecule has 1 aliphatic carbocycles. The summed E-state index contributed by atoms with van der Waals surface area (Å²) < 4.78 is 10.2. The zero-order chi connectivity index (χ0) is 10.9. The number of rotatable bonds is 3. The van der Waals surface area contributed by atoms with Gasteiger partial charge in [0.25, 0.3) is 0 Å². The Balaban J connectivity index is 2.31. The highest BCUT2D eigenvalue weighted by atomic mass is 35.5. The summed E-state index contributed by atoms with van der Waals surface area (Å²) in [6, 6.07) is 7.61. The molecule has 0 spiro atoms. The van der Waals surface area contributed by atoms with Crippen LogP contribution in [-0.4, -0.2) is 25.1 Å². The fraction of sp³-hybridized carbons (Fsp3) is 0.455. The zero-order valence-electron chi connectivity index (χ0n) is 8.44. The Morgan fingerprint density at radius 1 is 1.53 bits per heavy atom. The Morgan fingerprint density at radius 2 is 2.27 bits per heavy atom. The molecule has 0 saturated heterocycles. The van der Waals surface area contributed by atoms with Gasteiger partial charge in [-0.05, 0) is 5.56 Å². The van der Waals surface area contributed by atoms with Gasteiger partial charge in [0.05, 0.1) is 0 Å². The molecule has 4 heteroatoms. The zero-order valence-corrected chi connectivity index (χ0v) is 9.20. The molecule has 2 atom stereocenters. The molecule has 1 aromatic rings. The van der Waals surface area contributed by atoms with Gasteiger partial charge in [-0.3, -0.25) is 0 Å². The standard InChI is InChI=1S/C11H13ClO3/c1-14-7-15-11(12)9-5-3-2-4-8(9)6-10(11)13/h2-5,10,13H,6-7H2,1H3. The van der Waals surface area contributed by atoms with Crippen molar-refractivity contribution in [3.63, 3.8) is 0 Å². The van der Waals surface area contributed by atoms with Crippen LogP contribution >= 0.6 is 11.6 Å². The van der Waals surface area contributed by atoms with Gasteiger partial charge in [0, 0.05) is 19.1 Å². The molecule has 3 nitrogen and oxygen atoms in total. The van der Waals surface area contributed by atoms with E-state index in [0.717, 1.165) is 11.1 Å². The minimum absolute atomic E-state index is 0.0644. The van der Waals surface area contributed by atoms with Gasteiger partial charge in [-0.25, -0.2) is 0 Å². The number of hydrogen-bond acceptors (Lipinski definition) is 3. The monoisotopic (exact) mass is 228 g/mol. The summed E-state index contributed by atoms with van der Waals surface area (Å²) in [6.45, 7) is 0.0644. The van der Waals surface area contributed by atoms with Gasteiger partial charge in [0.1, 0.15) is 12.9 Å². The highest BCUT2D eigenvalue weighted by Crippen LogP contribution is 2.43. The fourth-order valence-electron chi connectivity index (χ4n) is 1.87. The van der Waals surface area contributed by atoms with E-state index in [0.29, 0.717) is 6.42 Å². The van der Waals surface area contributed by atoms with Crippen molar-refractivity contribution in [2.75, 3.05) is 13.9 Å². The number of fused-ring (bicyclic) bond motifs is 1. The molecule has 2 rings (SSSR count). The highest BCUT2D eigenvalue weighted by Gasteiger charge is 2.45. The van der Waals surface area contributed by atoms with E-state index < -0.39 is 11.2 Å². The van der Waals surface area contributed by atoms with Crippen molar-refractivity contribution in [3.8, 4) is 0 Å². The largest absolute Gasteiger partial charge is 0.388 e. The maximum absolute atomic E-state index is 9.88. The van der Waals surface area contributed by atoms with Crippen LogP contribution in [0.2, 0.25) is 0 Å². The Bertz CT molecular complexity index is 355. The molecular formula is C11H13ClO3. The first-order valence-corrected chi connectivity index (χ1v) is 5.14. The van der Waals surface area contributed by atoms with E-state index in [-0.39, 0.29) is 6.79 Å². The summed E-state index contributed by atoms with van der Waals surface area (Å²) in [5.41, 5.74) is 1.85. The van der Waals surface area contributed by atoms with Crippen LogP contribution in [0.1, 0.15) is 11.1 Å². The second kappa shape index (κ2) is 4.10. The second-order valence-corrected chi connectivity index (χ2v) is 4.13. The van der Waals surface area contributed by atoms with Crippen LogP contribution < -0.4 is 0 Å². The van der Waals surface area contributed by atoms with Crippen molar-refractivity contribution in [2.45, 2.75) is 17.6 Å². The number of halogens is 1. The van der Waals surface area contributed by atoms with E-state index in [1.54, 1.807) is 0 Å². The first kappa shape index (κ1) is 10.9. The summed E-state index contributed by atoms with van der Waals surface area (Å²) in [4.78, 5) is 0. The Morgan fingerprint density at radius 3 is 3.00 bits per heavy atom. The van der Waals surface area contributed by atoms with Crippen molar-refractivity contribution in [3.05, 3.63) is 35.4 Å².